The summed E-state index contributed by atoms with van der Waals surface area (Å²) in [5.41, 5.74) is 1.85. The van der Waals surface area contributed by atoms with Crippen LogP contribution in [0.15, 0.2) is 48.5 Å². The van der Waals surface area contributed by atoms with Crippen LogP contribution >= 0.6 is 11.8 Å². The molecule has 128 valence electrons. The van der Waals surface area contributed by atoms with E-state index in [1.54, 1.807) is 23.7 Å². The number of hydrogen-bond acceptors (Lipinski definition) is 5. The number of amides is 1. The van der Waals surface area contributed by atoms with E-state index in [0.29, 0.717) is 22.8 Å². The van der Waals surface area contributed by atoms with Gasteiger partial charge < -0.3 is 5.32 Å². The van der Waals surface area contributed by atoms with Crippen molar-refractivity contribution >= 4 is 23.4 Å². The third-order valence-electron chi connectivity index (χ3n) is 3.45. The highest BCUT2D eigenvalue weighted by molar-refractivity contribution is 7.99. The monoisotopic (exact) mass is 357 g/mol. The normalized spacial score (nSPS) is 10.6. The minimum absolute atomic E-state index is 0.202. The number of benzene rings is 2. The average Bonchev–Trinajstić information content (AvgIpc) is 3.07. The molecule has 0 aliphatic carbocycles. The summed E-state index contributed by atoms with van der Waals surface area (Å²) in [5, 5.41) is 14.3. The second kappa shape index (κ2) is 7.89. The first kappa shape index (κ1) is 17.1. The van der Waals surface area contributed by atoms with Crippen LogP contribution in [0.1, 0.15) is 11.4 Å². The number of hydrogen-bond donors (Lipinski definition) is 1. The van der Waals surface area contributed by atoms with E-state index >= 15 is 0 Å². The molecule has 0 spiro atoms. The summed E-state index contributed by atoms with van der Waals surface area (Å²) >= 11 is 1.39. The summed E-state index contributed by atoms with van der Waals surface area (Å²) in [4.78, 5) is 12.0. The largest absolute Gasteiger partial charge is 0.325 e. The molecule has 3 rings (SSSR count). The summed E-state index contributed by atoms with van der Waals surface area (Å²) in [6.07, 6.45) is 0. The zero-order chi connectivity index (χ0) is 17.6. The van der Waals surface area contributed by atoms with Gasteiger partial charge in [-0.2, -0.15) is 4.68 Å². The quantitative estimate of drug-likeness (QED) is 0.734. The maximum Gasteiger partial charge on any atom is 0.234 e. The predicted molar refractivity (Wildman–Crippen MR) is 95.1 cm³/mol. The predicted octanol–water partition coefficient (Wildman–Crippen LogP) is 2.98. The molecule has 0 atom stereocenters. The van der Waals surface area contributed by atoms with Gasteiger partial charge in [0.2, 0.25) is 5.91 Å². The third-order valence-corrected chi connectivity index (χ3v) is 4.38. The molecule has 1 heterocycles. The molecule has 2 aromatic carbocycles. The van der Waals surface area contributed by atoms with E-state index in [1.165, 1.54) is 17.8 Å². The molecule has 1 N–H and O–H groups in total. The van der Waals surface area contributed by atoms with Crippen molar-refractivity contribution in [2.75, 3.05) is 11.1 Å². The summed E-state index contributed by atoms with van der Waals surface area (Å²) in [6, 6.07) is 14.2. The number of tetrazole rings is 1. The molecule has 0 radical (unpaired) electrons. The van der Waals surface area contributed by atoms with Crippen molar-refractivity contribution in [3.8, 4) is 5.69 Å². The van der Waals surface area contributed by atoms with Gasteiger partial charge in [0.05, 0.1) is 17.2 Å². The number of nitrogens with one attached hydrogen (secondary N) is 1. The van der Waals surface area contributed by atoms with Crippen molar-refractivity contribution in [3.63, 3.8) is 0 Å². The summed E-state index contributed by atoms with van der Waals surface area (Å²) in [6.45, 7) is 1.67. The van der Waals surface area contributed by atoms with Gasteiger partial charge >= 0.3 is 0 Å². The molecule has 0 fully saturated rings. The zero-order valence-corrected chi connectivity index (χ0v) is 14.3. The Morgan fingerprint density at radius 2 is 2.04 bits per heavy atom. The Labute approximate surface area is 148 Å². The number of aromatic nitrogens is 4. The molecule has 0 saturated carbocycles. The number of carbonyl (C=O) groups is 1. The van der Waals surface area contributed by atoms with E-state index in [2.05, 4.69) is 20.8 Å². The Morgan fingerprint density at radius 3 is 2.80 bits per heavy atom. The van der Waals surface area contributed by atoms with Crippen LogP contribution in [-0.2, 0) is 10.5 Å². The first-order chi connectivity index (χ1) is 12.1. The summed E-state index contributed by atoms with van der Waals surface area (Å²) < 4.78 is 15.1. The Kier molecular flexibility index (Phi) is 5.39. The van der Waals surface area contributed by atoms with Gasteiger partial charge in [0.15, 0.2) is 5.82 Å². The van der Waals surface area contributed by atoms with Crippen molar-refractivity contribution in [1.82, 2.24) is 20.2 Å². The van der Waals surface area contributed by atoms with Crippen molar-refractivity contribution in [1.29, 1.82) is 0 Å². The van der Waals surface area contributed by atoms with Crippen LogP contribution in [0.5, 0.6) is 0 Å². The molecule has 0 unspecified atom stereocenters. The minimum atomic E-state index is -0.340. The molecule has 25 heavy (non-hydrogen) atoms. The number of aryl methyl sites for hydroxylation is 1. The zero-order valence-electron chi connectivity index (χ0n) is 13.5. The fourth-order valence-corrected chi connectivity index (χ4v) is 2.89. The van der Waals surface area contributed by atoms with Crippen LogP contribution in [0.4, 0.5) is 10.1 Å². The Hall–Kier alpha value is -2.74. The first-order valence-corrected chi connectivity index (χ1v) is 8.75. The molecule has 3 aromatic rings. The highest BCUT2D eigenvalue weighted by Crippen LogP contribution is 2.16. The fourth-order valence-electron chi connectivity index (χ4n) is 2.17. The number of nitrogens with zero attached hydrogens (tertiary/aromatic N) is 4. The van der Waals surface area contributed by atoms with E-state index in [1.807, 2.05) is 30.3 Å². The van der Waals surface area contributed by atoms with Crippen LogP contribution in [-0.4, -0.2) is 31.9 Å². The Balaban J connectivity index is 1.54. The summed E-state index contributed by atoms with van der Waals surface area (Å²) in [7, 11) is 0. The molecule has 0 aliphatic heterocycles. The maximum atomic E-state index is 13.5. The lowest BCUT2D eigenvalue weighted by Gasteiger charge is -2.07. The van der Waals surface area contributed by atoms with E-state index in [9.17, 15) is 9.18 Å². The molecule has 0 saturated heterocycles. The molecule has 1 amide bonds. The van der Waals surface area contributed by atoms with Crippen molar-refractivity contribution in [3.05, 3.63) is 65.7 Å². The van der Waals surface area contributed by atoms with E-state index < -0.39 is 0 Å². The lowest BCUT2D eigenvalue weighted by Crippen LogP contribution is -2.14. The van der Waals surface area contributed by atoms with Gasteiger partial charge in [0.25, 0.3) is 0 Å². The maximum absolute atomic E-state index is 13.5. The first-order valence-electron chi connectivity index (χ1n) is 7.60. The number of thioether (sulfide) groups is 1. The topological polar surface area (TPSA) is 72.7 Å². The minimum Gasteiger partial charge on any atom is -0.325 e. The molecule has 0 aliphatic rings. The number of anilines is 1. The van der Waals surface area contributed by atoms with Crippen molar-refractivity contribution in [2.24, 2.45) is 0 Å². The second-order valence-electron chi connectivity index (χ2n) is 5.35. The number of rotatable bonds is 6. The fraction of sp³-hybridized carbons (Fsp3) is 0.176. The highest BCUT2D eigenvalue weighted by Gasteiger charge is 2.10. The van der Waals surface area contributed by atoms with Gasteiger partial charge in [0, 0.05) is 5.69 Å². The number of halogens is 1. The van der Waals surface area contributed by atoms with Gasteiger partial charge in [-0.15, -0.1) is 16.9 Å². The van der Waals surface area contributed by atoms with Crippen LogP contribution in [0.2, 0.25) is 0 Å². The van der Waals surface area contributed by atoms with Gasteiger partial charge in [-0.1, -0.05) is 24.3 Å². The Bertz CT molecular complexity index is 868. The Morgan fingerprint density at radius 1 is 1.24 bits per heavy atom. The van der Waals surface area contributed by atoms with Crippen LogP contribution in [0.25, 0.3) is 5.69 Å². The molecule has 8 heteroatoms. The second-order valence-corrected chi connectivity index (χ2v) is 6.33. The van der Waals surface area contributed by atoms with Gasteiger partial charge in [0.1, 0.15) is 5.82 Å². The SMILES string of the molecule is Cc1ccc(NC(=O)CSCc2nnnn2-c2ccccc2)cc1F. The van der Waals surface area contributed by atoms with Gasteiger partial charge in [-0.25, -0.2) is 4.39 Å². The van der Waals surface area contributed by atoms with Crippen LogP contribution in [0.3, 0.4) is 0 Å². The third kappa shape index (κ3) is 4.42. The molecule has 1 aromatic heterocycles. The molecule has 0 bridgehead atoms. The number of para-hydroxylation sites is 1. The molecular formula is C17H16FN5OS. The van der Waals surface area contributed by atoms with E-state index in [-0.39, 0.29) is 17.5 Å². The molecule has 6 nitrogen and oxygen atoms in total. The van der Waals surface area contributed by atoms with E-state index in [4.69, 9.17) is 0 Å². The lowest BCUT2D eigenvalue weighted by atomic mass is 10.2. The number of carbonyl (C=O) groups excluding carboxylic acids is 1. The van der Waals surface area contributed by atoms with Crippen LogP contribution in [0, 0.1) is 12.7 Å². The van der Waals surface area contributed by atoms with E-state index in [0.717, 1.165) is 5.69 Å². The summed E-state index contributed by atoms with van der Waals surface area (Å²) in [5.74, 6) is 0.819. The van der Waals surface area contributed by atoms with Crippen molar-refractivity contribution < 1.29 is 9.18 Å². The average molecular weight is 357 g/mol. The smallest absolute Gasteiger partial charge is 0.234 e. The highest BCUT2D eigenvalue weighted by atomic mass is 32.2. The molecular weight excluding hydrogens is 341 g/mol. The van der Waals surface area contributed by atoms with Crippen LogP contribution < -0.4 is 5.32 Å². The standard InChI is InChI=1S/C17H16FN5OS/c1-12-7-8-13(9-15(12)18)19-17(24)11-25-10-16-20-21-22-23(16)14-5-3-2-4-6-14/h2-9H,10-11H2,1H3,(H,19,24). The lowest BCUT2D eigenvalue weighted by molar-refractivity contribution is -0.113. The van der Waals surface area contributed by atoms with Crippen molar-refractivity contribution in [2.45, 2.75) is 12.7 Å². The van der Waals surface area contributed by atoms with Gasteiger partial charge in [-0.3, -0.25) is 4.79 Å². The van der Waals surface area contributed by atoms with Gasteiger partial charge in [-0.05, 0) is 47.2 Å².